The zero-order valence-corrected chi connectivity index (χ0v) is 73.0. The molecule has 0 aliphatic rings. The number of unbranched alkanes of at least 4 members (excludes halogenated alkanes) is 4. The van der Waals surface area contributed by atoms with Crippen LogP contribution in [0.15, 0.2) is 0 Å². The summed E-state index contributed by atoms with van der Waals surface area (Å²) in [4.78, 5) is 196. The molecule has 0 atom stereocenters. The number of Topliss-reactive ketones (excluding diaryl/α,β-unsaturated/α-hetero) is 5. The first kappa shape index (κ1) is 111. The molecule has 0 unspecified atom stereocenters. The number of aliphatic hydroxyl groups excluding tert-OH is 4. The summed E-state index contributed by atoms with van der Waals surface area (Å²) in [5.74, 6) is -5.99. The van der Waals surface area contributed by atoms with E-state index >= 15 is 0 Å². The second kappa shape index (κ2) is 65.1. The number of carboxylic acid groups (broad SMARTS) is 3. The Kier molecular flexibility index (Phi) is 57.6. The third-order valence-electron chi connectivity index (χ3n) is 16.7. The van der Waals surface area contributed by atoms with Gasteiger partial charge in [-0.2, -0.15) is 0 Å². The Labute approximate surface area is 730 Å². The number of aliphatic carboxylic acids is 3. The molecule has 0 spiro atoms. The van der Waals surface area contributed by atoms with Crippen LogP contribution in [0, 0.1) is 6.92 Å². The molecule has 47 heteroatoms. The van der Waals surface area contributed by atoms with Crippen LogP contribution in [0.2, 0.25) is 0 Å². The van der Waals surface area contributed by atoms with Crippen LogP contribution in [-0.2, 0) is 14.4 Å². The summed E-state index contributed by atoms with van der Waals surface area (Å²) in [6.07, 6.45) is 9.21. The van der Waals surface area contributed by atoms with E-state index in [9.17, 15) is 62.3 Å². The lowest BCUT2D eigenvalue weighted by Crippen LogP contribution is -2.31. The van der Waals surface area contributed by atoms with E-state index in [0.717, 1.165) is 32.1 Å². The Morgan fingerprint density at radius 3 is 0.802 bits per heavy atom. The first-order valence-electron chi connectivity index (χ1n) is 41.8. The van der Waals surface area contributed by atoms with Crippen molar-refractivity contribution in [3.05, 3.63) is 62.6 Å². The second-order valence-electron chi connectivity index (χ2n) is 27.3. The number of hydrogen-bond acceptors (Lipinski definition) is 39. The van der Waals surface area contributed by atoms with Crippen molar-refractivity contribution in [3.63, 3.8) is 0 Å². The maximum atomic E-state index is 12.6. The molecule has 700 valence electrons. The Morgan fingerprint density at radius 1 is 0.270 bits per heavy atom. The quantitative estimate of drug-likeness (QED) is 0.0195. The van der Waals surface area contributed by atoms with E-state index in [2.05, 4.69) is 108 Å². The summed E-state index contributed by atoms with van der Waals surface area (Å²) in [6.45, 7) is 15.8. The summed E-state index contributed by atoms with van der Waals surface area (Å²) in [7, 11) is 1.55. The number of ketones is 5. The standard InChI is InChI=1S/C18H30N6O4.C18H32N6O3.C17H27N5O5.C14H20N4O5.C12H20N6O3/c1-3-9-20-16-14(12(25)6-5-8-19)23-17(21-10-4-2)15(24-16)18(28)22-11-7-13(26)27;1-3-9-20-16-14(13(26)7-5-6-12-25)23-17(21-10-4-2)15(24-16)18(27)22-11-8-19;1-3-8-19-16-13(11(24)6-4-5-10-23)21-15(18-2)14(22-16)17(27)20-9-7-12(25)26;1-8-11(14(23)16-6-5-10(21)22)18-13(15)12(17-8)9(20)4-2-3-7-19;13-4-5-16-12(21)9-11(15)17-8(10(14)18-9)7(20)3-1-2-6-19/h3-11,19H2,1-2H3,(H,20,24)(H,21,23)(H,22,28)(H,26,27);25H,3-12,19H2,1-2H3,(H,20,24)(H,21,23)(H,22,27);23H,3-10H2,1-2H3,(H,18,21)(H,19,22)(H,20,27)(H,25,26);19H,2-7H2,1H3,(H2,15,18)(H,16,23)(H,21,22);19H,1-6,13H2,(H2,14,18)(H2,15,17)(H,16,21). The molecule has 47 nitrogen and oxygen atoms in total. The highest BCUT2D eigenvalue weighted by Crippen LogP contribution is 2.25. The Balaban J connectivity index is 0.000000790. The summed E-state index contributed by atoms with van der Waals surface area (Å²) >= 11 is 0. The van der Waals surface area contributed by atoms with Crippen molar-refractivity contribution in [1.29, 1.82) is 0 Å². The van der Waals surface area contributed by atoms with Crippen molar-refractivity contribution in [3.8, 4) is 0 Å². The molecular formula is C79H129N27O20. The van der Waals surface area contributed by atoms with Gasteiger partial charge < -0.3 is 129 Å². The number of hydrogen-bond donors (Lipinski definition) is 24. The van der Waals surface area contributed by atoms with Gasteiger partial charge in [-0.1, -0.05) is 34.6 Å². The zero-order chi connectivity index (χ0) is 94.5. The molecule has 0 aliphatic carbocycles. The highest BCUT2D eigenvalue weighted by atomic mass is 16.4. The van der Waals surface area contributed by atoms with Gasteiger partial charge >= 0.3 is 17.9 Å². The summed E-state index contributed by atoms with van der Waals surface area (Å²) in [5.41, 5.74) is 33.9. The van der Waals surface area contributed by atoms with Gasteiger partial charge in [-0.05, 0) is 103 Å². The molecule has 126 heavy (non-hydrogen) atoms. The molecular weight excluding hydrogens is 1650 g/mol. The van der Waals surface area contributed by atoms with Gasteiger partial charge in [0.15, 0.2) is 133 Å². The number of aromatic nitrogens is 10. The number of nitrogens with zero attached hydrogens (tertiary/aromatic N) is 10. The number of aryl methyl sites for hydroxylation is 1. The van der Waals surface area contributed by atoms with E-state index in [4.69, 9.17) is 70.1 Å². The number of nitrogen functional groups attached to an aromatic ring is 3. The van der Waals surface area contributed by atoms with E-state index in [0.29, 0.717) is 122 Å². The molecule has 5 amide bonds. The maximum Gasteiger partial charge on any atom is 0.305 e. The van der Waals surface area contributed by atoms with Crippen molar-refractivity contribution < 1.29 is 98.1 Å². The number of amides is 5. The van der Waals surface area contributed by atoms with E-state index in [1.165, 1.54) is 6.92 Å². The average molecular weight is 1780 g/mol. The minimum atomic E-state index is -1.03. The van der Waals surface area contributed by atoms with E-state index < -0.39 is 41.5 Å². The first-order valence-corrected chi connectivity index (χ1v) is 41.8. The van der Waals surface area contributed by atoms with Crippen LogP contribution in [0.1, 0.15) is 286 Å². The highest BCUT2D eigenvalue weighted by Gasteiger charge is 2.28. The second-order valence-corrected chi connectivity index (χ2v) is 27.3. The summed E-state index contributed by atoms with van der Waals surface area (Å²) < 4.78 is 0. The number of nitrogens with one attached hydrogen (secondary N) is 11. The predicted octanol–water partition coefficient (Wildman–Crippen LogP) is 1.88. The highest BCUT2D eigenvalue weighted by molar-refractivity contribution is 6.06. The average Bonchev–Trinajstić information content (AvgIpc) is 0.811. The van der Waals surface area contributed by atoms with E-state index in [-0.39, 0.29) is 249 Å². The lowest BCUT2D eigenvalue weighted by Gasteiger charge is -2.15. The van der Waals surface area contributed by atoms with Gasteiger partial charge in [0.05, 0.1) is 25.0 Å². The molecule has 5 heterocycles. The fourth-order valence-corrected chi connectivity index (χ4v) is 10.2. The third-order valence-corrected chi connectivity index (χ3v) is 16.7. The number of carbonyl (C=O) groups is 13. The normalized spacial score (nSPS) is 10.4. The number of rotatable bonds is 58. The van der Waals surface area contributed by atoms with Gasteiger partial charge in [-0.3, -0.25) is 62.3 Å². The topological polar surface area (TPSA) is 781 Å². The van der Waals surface area contributed by atoms with Gasteiger partial charge in [0.1, 0.15) is 5.69 Å². The molecule has 30 N–H and O–H groups in total. The van der Waals surface area contributed by atoms with Gasteiger partial charge in [-0.25, -0.2) is 49.8 Å². The van der Waals surface area contributed by atoms with Crippen molar-refractivity contribution >= 4 is 129 Å². The molecule has 5 aromatic rings. The van der Waals surface area contributed by atoms with Gasteiger partial charge in [0.25, 0.3) is 29.5 Å². The van der Waals surface area contributed by atoms with Crippen LogP contribution in [0.5, 0.6) is 0 Å². The Bertz CT molecular complexity index is 4320. The first-order chi connectivity index (χ1) is 60.3. The fraction of sp³-hybridized carbons (Fsp3) is 0.582. The molecule has 0 aromatic carbocycles. The smallest absolute Gasteiger partial charge is 0.305 e. The largest absolute Gasteiger partial charge is 0.481 e. The molecule has 0 aliphatic heterocycles. The zero-order valence-electron chi connectivity index (χ0n) is 73.0. The van der Waals surface area contributed by atoms with Crippen LogP contribution in [0.25, 0.3) is 0 Å². The van der Waals surface area contributed by atoms with Crippen LogP contribution in [0.3, 0.4) is 0 Å². The Hall–Kier alpha value is -12.6. The molecule has 0 bridgehead atoms. The van der Waals surface area contributed by atoms with Crippen LogP contribution in [0.4, 0.5) is 52.4 Å². The van der Waals surface area contributed by atoms with Crippen LogP contribution in [-0.4, -0.2) is 281 Å². The lowest BCUT2D eigenvalue weighted by molar-refractivity contribution is -0.137. The summed E-state index contributed by atoms with van der Waals surface area (Å²) in [5, 5.41) is 91.7. The third kappa shape index (κ3) is 42.2. The van der Waals surface area contributed by atoms with Crippen molar-refractivity contribution in [2.75, 3.05) is 168 Å². The molecule has 0 saturated heterocycles. The minimum Gasteiger partial charge on any atom is -0.481 e. The summed E-state index contributed by atoms with van der Waals surface area (Å²) in [6, 6.07) is 0. The van der Waals surface area contributed by atoms with E-state index in [1.807, 2.05) is 34.6 Å². The monoisotopic (exact) mass is 1780 g/mol. The van der Waals surface area contributed by atoms with Gasteiger partial charge in [0, 0.05) is 144 Å². The molecule has 0 radical (unpaired) electrons. The van der Waals surface area contributed by atoms with Crippen LogP contribution < -0.4 is 92.9 Å². The fourth-order valence-electron chi connectivity index (χ4n) is 10.2. The van der Waals surface area contributed by atoms with Crippen molar-refractivity contribution in [2.45, 2.75) is 183 Å². The number of anilines is 9. The van der Waals surface area contributed by atoms with E-state index in [1.54, 1.807) is 7.05 Å². The van der Waals surface area contributed by atoms with Gasteiger partial charge in [-0.15, -0.1) is 0 Å². The number of aliphatic hydroxyl groups is 4. The molecule has 5 rings (SSSR count). The maximum absolute atomic E-state index is 12.6. The van der Waals surface area contributed by atoms with Crippen molar-refractivity contribution in [2.24, 2.45) is 17.2 Å². The lowest BCUT2D eigenvalue weighted by atomic mass is 10.1. The molecule has 0 fully saturated rings. The predicted molar refractivity (Wildman–Crippen MR) is 472 cm³/mol. The SMILES string of the molecule is CCCNc1nc(C(=O)NCCC(=O)O)c(NC)nc1C(=O)CCCCO.CCCNc1nc(C(=O)NCCC(=O)O)c(NCCC)nc1C(=O)CCCN.CCCNc1nc(C(=O)NCCN)c(NCCC)nc1C(=O)CCCCO.Cc1nc(C(=O)CCCCO)c(N)nc1C(=O)NCCC(=O)O.NCCNC(=O)c1nc(N)c(C(=O)CCCCO)nc1N. The van der Waals surface area contributed by atoms with Crippen LogP contribution >= 0.6 is 0 Å². The van der Waals surface area contributed by atoms with Crippen molar-refractivity contribution in [1.82, 2.24) is 76.4 Å². The number of carbonyl (C=O) groups excluding carboxylic acids is 10. The Morgan fingerprint density at radius 2 is 0.508 bits per heavy atom. The minimum absolute atomic E-state index is 0.00234. The number of nitrogens with two attached hydrogens (primary N) is 6. The number of carboxylic acids is 3. The molecule has 0 saturated carbocycles. The van der Waals surface area contributed by atoms with Gasteiger partial charge in [0.2, 0.25) is 0 Å². The molecule has 5 aromatic heterocycles.